The Morgan fingerprint density at radius 2 is 1.63 bits per heavy atom. The first-order valence-corrected chi connectivity index (χ1v) is 12.1. The van der Waals surface area contributed by atoms with Gasteiger partial charge in [0.2, 0.25) is 0 Å². The average Bonchev–Trinajstić information content (AvgIpc) is 2.87. The van der Waals surface area contributed by atoms with Crippen molar-refractivity contribution in [2.24, 2.45) is 7.05 Å². The summed E-state index contributed by atoms with van der Waals surface area (Å²) < 4.78 is 1.41. The predicted octanol–water partition coefficient (Wildman–Crippen LogP) is 5.75. The van der Waals surface area contributed by atoms with Crippen LogP contribution < -0.4 is 16.2 Å². The molecule has 1 amide bonds. The van der Waals surface area contributed by atoms with Crippen LogP contribution >= 0.6 is 0 Å². The van der Waals surface area contributed by atoms with Crippen LogP contribution in [0.2, 0.25) is 0 Å². The number of anilines is 3. The third kappa shape index (κ3) is 5.64. The van der Waals surface area contributed by atoms with Crippen LogP contribution in [0, 0.1) is 6.92 Å². The summed E-state index contributed by atoms with van der Waals surface area (Å²) in [4.78, 5) is 41.6. The summed E-state index contributed by atoms with van der Waals surface area (Å²) in [6.07, 6.45) is 1.63. The zero-order chi connectivity index (χ0) is 27.6. The van der Waals surface area contributed by atoms with Gasteiger partial charge in [-0.2, -0.15) is 0 Å². The number of nitrogens with one attached hydrogen (secondary N) is 2. The number of amides is 1. The summed E-state index contributed by atoms with van der Waals surface area (Å²) in [5.41, 5.74) is 4.53. The number of aryl methyl sites for hydroxylation is 1. The van der Waals surface area contributed by atoms with Crippen molar-refractivity contribution in [2.75, 3.05) is 10.6 Å². The monoisotopic (exact) mass is 510 g/mol. The van der Waals surface area contributed by atoms with E-state index in [0.717, 1.165) is 16.7 Å². The molecule has 0 saturated carbocycles. The Balaban J connectivity index is 1.64. The molecule has 0 spiro atoms. The minimum absolute atomic E-state index is 0.00449. The molecule has 3 N–H and O–H groups in total. The van der Waals surface area contributed by atoms with Gasteiger partial charge in [0.05, 0.1) is 11.3 Å². The molecule has 0 atom stereocenters. The number of benzene rings is 3. The molecule has 1 heterocycles. The number of rotatable bonds is 6. The zero-order valence-corrected chi connectivity index (χ0v) is 22.0. The standard InChI is InChI=1S/C30H30N4O4/c1-18-23(10-7-11-24(18)33-27(35)19-12-14-21(15-13-19)30(2,3)4)25-17-34(5)28(36)26(32-25)31-22-9-6-8-20(16-22)29(37)38/h6-17H,1-5H3,(H,31,32)(H,33,35)(H,37,38). The van der Waals surface area contributed by atoms with E-state index in [0.29, 0.717) is 22.6 Å². The summed E-state index contributed by atoms with van der Waals surface area (Å²) in [7, 11) is 1.62. The lowest BCUT2D eigenvalue weighted by atomic mass is 9.86. The number of hydrogen-bond donors (Lipinski definition) is 3. The van der Waals surface area contributed by atoms with Gasteiger partial charge < -0.3 is 20.3 Å². The van der Waals surface area contributed by atoms with Crippen molar-refractivity contribution in [3.05, 3.63) is 106 Å². The molecule has 3 aromatic carbocycles. The van der Waals surface area contributed by atoms with E-state index in [1.807, 2.05) is 49.4 Å². The molecular formula is C30H30N4O4. The maximum Gasteiger partial charge on any atom is 0.335 e. The van der Waals surface area contributed by atoms with Gasteiger partial charge in [0, 0.05) is 35.7 Å². The second kappa shape index (κ2) is 10.3. The molecule has 38 heavy (non-hydrogen) atoms. The molecule has 0 radical (unpaired) electrons. The van der Waals surface area contributed by atoms with Gasteiger partial charge in [-0.05, 0) is 59.9 Å². The highest BCUT2D eigenvalue weighted by Crippen LogP contribution is 2.29. The van der Waals surface area contributed by atoms with E-state index in [4.69, 9.17) is 0 Å². The van der Waals surface area contributed by atoms with Crippen LogP contribution in [-0.4, -0.2) is 26.5 Å². The number of hydrogen-bond acceptors (Lipinski definition) is 5. The zero-order valence-electron chi connectivity index (χ0n) is 22.0. The van der Waals surface area contributed by atoms with Crippen LogP contribution in [-0.2, 0) is 12.5 Å². The Hall–Kier alpha value is -4.72. The van der Waals surface area contributed by atoms with Crippen molar-refractivity contribution in [3.63, 3.8) is 0 Å². The quantitative estimate of drug-likeness (QED) is 0.305. The van der Waals surface area contributed by atoms with Crippen LogP contribution in [0.15, 0.2) is 77.7 Å². The summed E-state index contributed by atoms with van der Waals surface area (Å²) in [6.45, 7) is 8.25. The molecular weight excluding hydrogens is 480 g/mol. The van der Waals surface area contributed by atoms with E-state index in [-0.39, 0.29) is 28.3 Å². The van der Waals surface area contributed by atoms with Crippen LogP contribution in [0.25, 0.3) is 11.3 Å². The fourth-order valence-corrected chi connectivity index (χ4v) is 4.05. The molecule has 0 aliphatic heterocycles. The van der Waals surface area contributed by atoms with Crippen LogP contribution in [0.4, 0.5) is 17.2 Å². The summed E-state index contributed by atoms with van der Waals surface area (Å²) in [6, 6.07) is 19.2. The number of carboxylic acids is 1. The summed E-state index contributed by atoms with van der Waals surface area (Å²) >= 11 is 0. The van der Waals surface area contributed by atoms with E-state index in [2.05, 4.69) is 36.4 Å². The number of aromatic carboxylic acids is 1. The van der Waals surface area contributed by atoms with E-state index in [1.165, 1.54) is 16.7 Å². The largest absolute Gasteiger partial charge is 0.478 e. The van der Waals surface area contributed by atoms with Gasteiger partial charge in [-0.3, -0.25) is 9.59 Å². The molecule has 1 aromatic heterocycles. The first-order valence-electron chi connectivity index (χ1n) is 12.1. The van der Waals surface area contributed by atoms with Crippen LogP contribution in [0.3, 0.4) is 0 Å². The molecule has 0 aliphatic rings. The van der Waals surface area contributed by atoms with Crippen molar-refractivity contribution in [3.8, 4) is 11.3 Å². The SMILES string of the molecule is Cc1c(NC(=O)c2ccc(C(C)(C)C)cc2)cccc1-c1cn(C)c(=O)c(Nc2cccc(C(=O)O)c2)n1. The van der Waals surface area contributed by atoms with Crippen molar-refractivity contribution >= 4 is 29.1 Å². The molecule has 4 rings (SSSR count). The molecule has 0 fully saturated rings. The third-order valence-electron chi connectivity index (χ3n) is 6.31. The van der Waals surface area contributed by atoms with Gasteiger partial charge in [0.15, 0.2) is 5.82 Å². The van der Waals surface area contributed by atoms with Crippen molar-refractivity contribution in [1.82, 2.24) is 9.55 Å². The van der Waals surface area contributed by atoms with Gasteiger partial charge >= 0.3 is 5.97 Å². The molecule has 8 heteroatoms. The number of carbonyl (C=O) groups is 2. The minimum Gasteiger partial charge on any atom is -0.478 e. The Bertz CT molecular complexity index is 1580. The molecule has 0 aliphatic carbocycles. The highest BCUT2D eigenvalue weighted by atomic mass is 16.4. The highest BCUT2D eigenvalue weighted by Gasteiger charge is 2.17. The fourth-order valence-electron chi connectivity index (χ4n) is 4.05. The number of carboxylic acid groups (broad SMARTS) is 1. The summed E-state index contributed by atoms with van der Waals surface area (Å²) in [5.74, 6) is -1.23. The minimum atomic E-state index is -1.07. The molecule has 4 aromatic rings. The third-order valence-corrected chi connectivity index (χ3v) is 6.31. The van der Waals surface area contributed by atoms with Gasteiger partial charge in [0.25, 0.3) is 11.5 Å². The van der Waals surface area contributed by atoms with Gasteiger partial charge in [-0.25, -0.2) is 9.78 Å². The molecule has 0 saturated heterocycles. The first-order chi connectivity index (χ1) is 17.9. The molecule has 8 nitrogen and oxygen atoms in total. The van der Waals surface area contributed by atoms with E-state index < -0.39 is 5.97 Å². The predicted molar refractivity (Wildman–Crippen MR) is 149 cm³/mol. The van der Waals surface area contributed by atoms with E-state index in [1.54, 1.807) is 25.4 Å². The van der Waals surface area contributed by atoms with Gasteiger partial charge in [-0.15, -0.1) is 0 Å². The van der Waals surface area contributed by atoms with Gasteiger partial charge in [-0.1, -0.05) is 51.1 Å². The number of carbonyl (C=O) groups excluding carboxylic acids is 1. The fraction of sp³-hybridized carbons (Fsp3) is 0.200. The number of aromatic nitrogens is 2. The normalized spacial score (nSPS) is 11.2. The van der Waals surface area contributed by atoms with Gasteiger partial charge in [0.1, 0.15) is 0 Å². The van der Waals surface area contributed by atoms with Crippen LogP contribution in [0.1, 0.15) is 52.6 Å². The lowest BCUT2D eigenvalue weighted by Gasteiger charge is -2.19. The lowest BCUT2D eigenvalue weighted by Crippen LogP contribution is -2.21. The Morgan fingerprint density at radius 3 is 2.29 bits per heavy atom. The summed E-state index contributed by atoms with van der Waals surface area (Å²) in [5, 5.41) is 15.2. The van der Waals surface area contributed by atoms with E-state index in [9.17, 15) is 19.5 Å². The van der Waals surface area contributed by atoms with Crippen molar-refractivity contribution < 1.29 is 14.7 Å². The van der Waals surface area contributed by atoms with E-state index >= 15 is 0 Å². The maximum absolute atomic E-state index is 13.0. The Morgan fingerprint density at radius 1 is 0.947 bits per heavy atom. The first kappa shape index (κ1) is 26.3. The lowest BCUT2D eigenvalue weighted by molar-refractivity contribution is 0.0696. The molecule has 194 valence electrons. The smallest absolute Gasteiger partial charge is 0.335 e. The average molecular weight is 511 g/mol. The second-order valence-corrected chi connectivity index (χ2v) is 10.2. The molecule has 0 unspecified atom stereocenters. The Labute approximate surface area is 221 Å². The van der Waals surface area contributed by atoms with Crippen molar-refractivity contribution in [2.45, 2.75) is 33.1 Å². The topological polar surface area (TPSA) is 113 Å². The van der Waals surface area contributed by atoms with Crippen LogP contribution in [0.5, 0.6) is 0 Å². The number of nitrogens with zero attached hydrogens (tertiary/aromatic N) is 2. The second-order valence-electron chi connectivity index (χ2n) is 10.2. The Kier molecular flexibility index (Phi) is 7.17. The molecule has 0 bridgehead atoms. The maximum atomic E-state index is 13.0. The van der Waals surface area contributed by atoms with Crippen molar-refractivity contribution in [1.29, 1.82) is 0 Å². The highest BCUT2D eigenvalue weighted by molar-refractivity contribution is 6.05.